The van der Waals surface area contributed by atoms with E-state index in [-0.39, 0.29) is 17.3 Å². The van der Waals surface area contributed by atoms with Crippen LogP contribution in [0.3, 0.4) is 0 Å². The molecule has 0 aliphatic carbocycles. The average molecular weight is 318 g/mol. The Kier molecular flexibility index (Phi) is 4.85. The quantitative estimate of drug-likeness (QED) is 0.920. The van der Waals surface area contributed by atoms with Gasteiger partial charge in [0.2, 0.25) is 0 Å². The number of aryl methyl sites for hydroxylation is 1. The highest BCUT2D eigenvalue weighted by Crippen LogP contribution is 2.20. The van der Waals surface area contributed by atoms with Gasteiger partial charge in [-0.1, -0.05) is 0 Å². The third kappa shape index (κ3) is 3.96. The second kappa shape index (κ2) is 6.50. The van der Waals surface area contributed by atoms with E-state index in [0.717, 1.165) is 11.3 Å². The number of carbonyl (C=O) groups excluding carboxylic acids is 1. The molecule has 0 fully saturated rings. The molecule has 0 saturated carbocycles. The summed E-state index contributed by atoms with van der Waals surface area (Å²) in [7, 11) is 5.71. The van der Waals surface area contributed by atoms with Gasteiger partial charge in [0.05, 0.1) is 5.69 Å². The molecule has 124 valence electrons. The van der Waals surface area contributed by atoms with Crippen LogP contribution in [0.5, 0.6) is 0 Å². The molecule has 23 heavy (non-hydrogen) atoms. The van der Waals surface area contributed by atoms with Crippen LogP contribution in [0, 0.1) is 5.82 Å². The molecular weight excluding hydrogens is 295 g/mol. The minimum absolute atomic E-state index is 0.149. The van der Waals surface area contributed by atoms with E-state index >= 15 is 0 Å². The minimum Gasteiger partial charge on any atom is -0.349 e. The van der Waals surface area contributed by atoms with Gasteiger partial charge in [-0.3, -0.25) is 9.48 Å². The Morgan fingerprint density at radius 3 is 2.48 bits per heavy atom. The van der Waals surface area contributed by atoms with Gasteiger partial charge in [0.15, 0.2) is 5.69 Å². The van der Waals surface area contributed by atoms with Crippen LogP contribution in [0.4, 0.5) is 4.39 Å². The summed E-state index contributed by atoms with van der Waals surface area (Å²) >= 11 is 0. The zero-order chi connectivity index (χ0) is 17.2. The van der Waals surface area contributed by atoms with Crippen LogP contribution in [-0.2, 0) is 7.05 Å². The molecule has 0 unspecified atom stereocenters. The van der Waals surface area contributed by atoms with Crippen molar-refractivity contribution in [3.63, 3.8) is 0 Å². The number of aromatic nitrogens is 2. The second-order valence-electron chi connectivity index (χ2n) is 6.43. The fraction of sp³-hybridized carbons (Fsp3) is 0.412. The maximum Gasteiger partial charge on any atom is 0.271 e. The molecule has 0 saturated heterocycles. The van der Waals surface area contributed by atoms with Crippen molar-refractivity contribution in [3.8, 4) is 11.3 Å². The Hall–Kier alpha value is -2.21. The Balaban J connectivity index is 2.14. The lowest BCUT2D eigenvalue weighted by Crippen LogP contribution is -2.48. The van der Waals surface area contributed by atoms with Crippen molar-refractivity contribution in [2.45, 2.75) is 19.4 Å². The van der Waals surface area contributed by atoms with E-state index in [4.69, 9.17) is 0 Å². The summed E-state index contributed by atoms with van der Waals surface area (Å²) in [6.45, 7) is 4.62. The van der Waals surface area contributed by atoms with E-state index in [2.05, 4.69) is 29.2 Å². The smallest absolute Gasteiger partial charge is 0.271 e. The van der Waals surface area contributed by atoms with Crippen molar-refractivity contribution in [1.82, 2.24) is 20.0 Å². The second-order valence-corrected chi connectivity index (χ2v) is 6.43. The molecule has 0 aliphatic rings. The van der Waals surface area contributed by atoms with Crippen molar-refractivity contribution >= 4 is 5.91 Å². The summed E-state index contributed by atoms with van der Waals surface area (Å²) in [5.41, 5.74) is 1.78. The first-order valence-corrected chi connectivity index (χ1v) is 7.46. The fourth-order valence-corrected chi connectivity index (χ4v) is 2.01. The summed E-state index contributed by atoms with van der Waals surface area (Å²) < 4.78 is 14.6. The first-order valence-electron chi connectivity index (χ1n) is 7.46. The first kappa shape index (κ1) is 17.1. The topological polar surface area (TPSA) is 50.2 Å². The number of nitrogens with one attached hydrogen (secondary N) is 1. The normalized spacial score (nSPS) is 11.8. The summed E-state index contributed by atoms with van der Waals surface area (Å²) in [5, 5.41) is 7.16. The van der Waals surface area contributed by atoms with E-state index in [1.54, 1.807) is 29.9 Å². The molecule has 1 aromatic heterocycles. The molecule has 1 heterocycles. The van der Waals surface area contributed by atoms with Crippen LogP contribution < -0.4 is 5.32 Å². The van der Waals surface area contributed by atoms with Crippen molar-refractivity contribution < 1.29 is 9.18 Å². The van der Waals surface area contributed by atoms with Crippen LogP contribution in [0.25, 0.3) is 11.3 Å². The third-order valence-corrected chi connectivity index (χ3v) is 4.14. The molecule has 5 nitrogen and oxygen atoms in total. The van der Waals surface area contributed by atoms with Crippen molar-refractivity contribution in [3.05, 3.63) is 41.8 Å². The molecule has 2 rings (SSSR count). The predicted molar refractivity (Wildman–Crippen MR) is 88.7 cm³/mol. The Bertz CT molecular complexity index is 689. The van der Waals surface area contributed by atoms with Crippen LogP contribution in [0.15, 0.2) is 30.3 Å². The maximum absolute atomic E-state index is 13.0. The number of rotatable bonds is 5. The summed E-state index contributed by atoms with van der Waals surface area (Å²) in [6, 6.07) is 7.83. The number of amides is 1. The Labute approximate surface area is 136 Å². The standard InChI is InChI=1S/C17H23FN4O/c1-17(2,21(3)4)11-19-16(23)14-10-15(22(5)20-14)12-6-8-13(18)9-7-12/h6-10H,11H2,1-5H3,(H,19,23). The monoisotopic (exact) mass is 318 g/mol. The van der Waals surface area contributed by atoms with Crippen molar-refractivity contribution in [1.29, 1.82) is 0 Å². The van der Waals surface area contributed by atoms with Gasteiger partial charge in [-0.2, -0.15) is 5.10 Å². The molecular formula is C17H23FN4O. The molecule has 0 aliphatic heterocycles. The number of likely N-dealkylation sites (N-methyl/N-ethyl adjacent to an activating group) is 1. The van der Waals surface area contributed by atoms with Crippen LogP contribution in [0.2, 0.25) is 0 Å². The van der Waals surface area contributed by atoms with Gasteiger partial charge in [0.1, 0.15) is 5.82 Å². The van der Waals surface area contributed by atoms with Crippen LogP contribution >= 0.6 is 0 Å². The third-order valence-electron chi connectivity index (χ3n) is 4.14. The SMILES string of the molecule is CN(C)C(C)(C)CNC(=O)c1cc(-c2ccc(F)cc2)n(C)n1. The highest BCUT2D eigenvalue weighted by molar-refractivity contribution is 5.93. The molecule has 1 amide bonds. The number of benzene rings is 1. The highest BCUT2D eigenvalue weighted by atomic mass is 19.1. The van der Waals surface area contributed by atoms with E-state index in [9.17, 15) is 9.18 Å². The predicted octanol–water partition coefficient (Wildman–Crippen LogP) is 2.30. The lowest BCUT2D eigenvalue weighted by Gasteiger charge is -2.32. The van der Waals surface area contributed by atoms with E-state index in [0.29, 0.717) is 12.2 Å². The highest BCUT2D eigenvalue weighted by Gasteiger charge is 2.22. The molecule has 2 aromatic rings. The van der Waals surface area contributed by atoms with Gasteiger partial charge in [-0.15, -0.1) is 0 Å². The largest absolute Gasteiger partial charge is 0.349 e. The number of carbonyl (C=O) groups is 1. The summed E-state index contributed by atoms with van der Waals surface area (Å²) in [4.78, 5) is 14.4. The van der Waals surface area contributed by atoms with Crippen LogP contribution in [0.1, 0.15) is 24.3 Å². The van der Waals surface area contributed by atoms with E-state index < -0.39 is 0 Å². The number of nitrogens with zero attached hydrogens (tertiary/aromatic N) is 3. The van der Waals surface area contributed by atoms with E-state index in [1.807, 2.05) is 14.1 Å². The van der Waals surface area contributed by atoms with Gasteiger partial charge in [-0.05, 0) is 63.8 Å². The molecule has 0 spiro atoms. The summed E-state index contributed by atoms with van der Waals surface area (Å²) in [6.07, 6.45) is 0. The average Bonchev–Trinajstić information content (AvgIpc) is 2.87. The number of hydrogen-bond donors (Lipinski definition) is 1. The molecule has 0 atom stereocenters. The molecule has 1 N–H and O–H groups in total. The minimum atomic E-state index is -0.292. The number of halogens is 1. The molecule has 6 heteroatoms. The molecule has 1 aromatic carbocycles. The van der Waals surface area contributed by atoms with Gasteiger partial charge < -0.3 is 10.2 Å². The van der Waals surface area contributed by atoms with Gasteiger partial charge >= 0.3 is 0 Å². The van der Waals surface area contributed by atoms with Crippen molar-refractivity contribution in [2.75, 3.05) is 20.6 Å². The zero-order valence-electron chi connectivity index (χ0n) is 14.2. The Morgan fingerprint density at radius 2 is 1.91 bits per heavy atom. The molecule has 0 radical (unpaired) electrons. The van der Waals surface area contributed by atoms with Gasteiger partial charge in [0, 0.05) is 19.1 Å². The first-order chi connectivity index (χ1) is 10.7. The van der Waals surface area contributed by atoms with Crippen LogP contribution in [-0.4, -0.2) is 46.8 Å². The Morgan fingerprint density at radius 1 is 1.30 bits per heavy atom. The number of hydrogen-bond acceptors (Lipinski definition) is 3. The lowest BCUT2D eigenvalue weighted by atomic mass is 10.0. The molecule has 0 bridgehead atoms. The lowest BCUT2D eigenvalue weighted by molar-refractivity contribution is 0.0914. The van der Waals surface area contributed by atoms with Crippen molar-refractivity contribution in [2.24, 2.45) is 7.05 Å². The fourth-order valence-electron chi connectivity index (χ4n) is 2.01. The van der Waals surface area contributed by atoms with E-state index in [1.165, 1.54) is 12.1 Å². The van der Waals surface area contributed by atoms with Gasteiger partial charge in [-0.25, -0.2) is 4.39 Å². The zero-order valence-corrected chi connectivity index (χ0v) is 14.2. The van der Waals surface area contributed by atoms with Gasteiger partial charge in [0.25, 0.3) is 5.91 Å². The summed E-state index contributed by atoms with van der Waals surface area (Å²) in [5.74, 6) is -0.510. The maximum atomic E-state index is 13.0.